The van der Waals surface area contributed by atoms with Gasteiger partial charge in [-0.05, 0) is 24.1 Å². The number of hydrogen-bond donors (Lipinski definition) is 0. The van der Waals surface area contributed by atoms with Gasteiger partial charge >= 0.3 is 0 Å². The van der Waals surface area contributed by atoms with Gasteiger partial charge in [0.05, 0.1) is 11.9 Å². The quantitative estimate of drug-likeness (QED) is 0.709. The van der Waals surface area contributed by atoms with Crippen molar-refractivity contribution in [3.05, 3.63) is 41.7 Å². The number of nitrogens with zero attached hydrogens (tertiary/aromatic N) is 3. The summed E-state index contributed by atoms with van der Waals surface area (Å²) in [5.41, 5.74) is 2.50. The molecule has 0 spiro atoms. The van der Waals surface area contributed by atoms with E-state index in [4.69, 9.17) is 0 Å². The number of aromatic nitrogens is 3. The largest absolute Gasteiger partial charge is 0.296 e. The zero-order chi connectivity index (χ0) is 10.7. The van der Waals surface area contributed by atoms with Crippen molar-refractivity contribution in [2.45, 2.75) is 13.3 Å². The van der Waals surface area contributed by atoms with Crippen molar-refractivity contribution >= 4 is 6.29 Å². The highest BCUT2D eigenvalue weighted by atomic mass is 16.1. The predicted octanol–water partition coefficient (Wildman–Crippen LogP) is 1.64. The topological polar surface area (TPSA) is 47.8 Å². The molecule has 4 nitrogen and oxygen atoms in total. The maximum atomic E-state index is 10.5. The second-order valence-corrected chi connectivity index (χ2v) is 3.23. The van der Waals surface area contributed by atoms with Crippen LogP contribution in [0.3, 0.4) is 0 Å². The molecule has 0 fully saturated rings. The molecule has 0 bridgehead atoms. The van der Waals surface area contributed by atoms with Crippen LogP contribution in [0.4, 0.5) is 0 Å². The second-order valence-electron chi connectivity index (χ2n) is 3.23. The van der Waals surface area contributed by atoms with Gasteiger partial charge in [-0.15, -0.1) is 5.10 Å². The molecule has 1 aromatic carbocycles. The minimum Gasteiger partial charge on any atom is -0.296 e. The number of aldehydes is 1. The summed E-state index contributed by atoms with van der Waals surface area (Å²) in [6.45, 7) is 2.09. The van der Waals surface area contributed by atoms with Gasteiger partial charge in [-0.3, -0.25) is 4.79 Å². The molecule has 0 N–H and O–H groups in total. The van der Waals surface area contributed by atoms with Crippen LogP contribution in [0.2, 0.25) is 0 Å². The molecule has 1 aromatic heterocycles. The number of rotatable bonds is 3. The van der Waals surface area contributed by atoms with Gasteiger partial charge in [-0.2, -0.15) is 0 Å². The van der Waals surface area contributed by atoms with Crippen molar-refractivity contribution in [3.63, 3.8) is 0 Å². The minimum atomic E-state index is 0.344. The van der Waals surface area contributed by atoms with Gasteiger partial charge in [0.15, 0.2) is 6.29 Å². The Morgan fingerprint density at radius 3 is 3.00 bits per heavy atom. The summed E-state index contributed by atoms with van der Waals surface area (Å²) in [6.07, 6.45) is 3.28. The van der Waals surface area contributed by atoms with Crippen LogP contribution in [0.1, 0.15) is 23.0 Å². The Balaban J connectivity index is 2.39. The lowest BCUT2D eigenvalue weighted by molar-refractivity contribution is 0.111. The number of carbonyl (C=O) groups is 1. The van der Waals surface area contributed by atoms with Crippen LogP contribution in [0.5, 0.6) is 0 Å². The van der Waals surface area contributed by atoms with Crippen molar-refractivity contribution in [3.8, 4) is 5.69 Å². The predicted molar refractivity (Wildman–Crippen MR) is 56.1 cm³/mol. The molecular weight excluding hydrogens is 190 g/mol. The van der Waals surface area contributed by atoms with Crippen molar-refractivity contribution in [1.82, 2.24) is 15.0 Å². The maximum Gasteiger partial charge on any atom is 0.171 e. The van der Waals surface area contributed by atoms with Crippen molar-refractivity contribution < 1.29 is 4.79 Å². The third-order valence-corrected chi connectivity index (χ3v) is 2.22. The van der Waals surface area contributed by atoms with E-state index in [0.717, 1.165) is 12.1 Å². The fraction of sp³-hybridized carbons (Fsp3) is 0.182. The first-order valence-electron chi connectivity index (χ1n) is 4.80. The Labute approximate surface area is 87.5 Å². The van der Waals surface area contributed by atoms with Crippen LogP contribution in [-0.2, 0) is 6.42 Å². The van der Waals surface area contributed by atoms with E-state index in [1.165, 1.54) is 5.56 Å². The standard InChI is InChI=1S/C11H11N3O/c1-2-9-4-3-5-11(6-9)14-7-10(8-15)12-13-14/h3-8H,2H2,1H3. The molecule has 76 valence electrons. The lowest BCUT2D eigenvalue weighted by Crippen LogP contribution is -1.95. The van der Waals surface area contributed by atoms with E-state index in [9.17, 15) is 4.79 Å². The summed E-state index contributed by atoms with van der Waals surface area (Å²) in [4.78, 5) is 10.5. The molecule has 1 heterocycles. The van der Waals surface area contributed by atoms with E-state index >= 15 is 0 Å². The Hall–Kier alpha value is -1.97. The lowest BCUT2D eigenvalue weighted by atomic mass is 10.1. The average Bonchev–Trinajstić information content (AvgIpc) is 2.78. The molecule has 2 rings (SSSR count). The van der Waals surface area contributed by atoms with E-state index in [2.05, 4.69) is 23.3 Å². The molecule has 15 heavy (non-hydrogen) atoms. The van der Waals surface area contributed by atoms with Crippen LogP contribution in [0, 0.1) is 0 Å². The first kappa shape index (κ1) is 9.58. The van der Waals surface area contributed by atoms with Gasteiger partial charge in [-0.25, -0.2) is 4.68 Å². The highest BCUT2D eigenvalue weighted by molar-refractivity contribution is 5.70. The van der Waals surface area contributed by atoms with Gasteiger partial charge in [0, 0.05) is 0 Å². The summed E-state index contributed by atoms with van der Waals surface area (Å²) in [5.74, 6) is 0. The van der Waals surface area contributed by atoms with Crippen LogP contribution in [0.15, 0.2) is 30.5 Å². The Kier molecular flexibility index (Phi) is 2.58. The van der Waals surface area contributed by atoms with Gasteiger partial charge < -0.3 is 0 Å². The Morgan fingerprint density at radius 2 is 2.33 bits per heavy atom. The van der Waals surface area contributed by atoms with E-state index in [1.54, 1.807) is 10.9 Å². The zero-order valence-electron chi connectivity index (χ0n) is 8.42. The van der Waals surface area contributed by atoms with E-state index in [-0.39, 0.29) is 0 Å². The third-order valence-electron chi connectivity index (χ3n) is 2.22. The van der Waals surface area contributed by atoms with Crippen LogP contribution in [-0.4, -0.2) is 21.3 Å². The number of hydrogen-bond acceptors (Lipinski definition) is 3. The molecule has 0 aliphatic rings. The number of aryl methyl sites for hydroxylation is 1. The molecule has 2 aromatic rings. The van der Waals surface area contributed by atoms with E-state index in [0.29, 0.717) is 12.0 Å². The molecular formula is C11H11N3O. The number of benzene rings is 1. The molecule has 0 radical (unpaired) electrons. The van der Waals surface area contributed by atoms with E-state index in [1.807, 2.05) is 18.2 Å². The molecule has 4 heteroatoms. The van der Waals surface area contributed by atoms with Gasteiger partial charge in [0.25, 0.3) is 0 Å². The zero-order valence-corrected chi connectivity index (χ0v) is 8.42. The first-order chi connectivity index (χ1) is 7.33. The fourth-order valence-electron chi connectivity index (χ4n) is 1.38. The highest BCUT2D eigenvalue weighted by Gasteiger charge is 2.01. The van der Waals surface area contributed by atoms with Crippen LogP contribution in [0.25, 0.3) is 5.69 Å². The van der Waals surface area contributed by atoms with Gasteiger partial charge in [0.1, 0.15) is 5.69 Å². The fourth-order valence-corrected chi connectivity index (χ4v) is 1.38. The summed E-state index contributed by atoms with van der Waals surface area (Å²) in [6, 6.07) is 7.99. The Bertz CT molecular complexity index is 476. The summed E-state index contributed by atoms with van der Waals surface area (Å²) >= 11 is 0. The minimum absolute atomic E-state index is 0.344. The molecule has 0 saturated heterocycles. The monoisotopic (exact) mass is 201 g/mol. The van der Waals surface area contributed by atoms with Gasteiger partial charge in [-0.1, -0.05) is 24.3 Å². The summed E-state index contributed by atoms with van der Waals surface area (Å²) < 4.78 is 1.60. The second kappa shape index (κ2) is 4.04. The number of carbonyl (C=O) groups excluding carboxylic acids is 1. The van der Waals surface area contributed by atoms with E-state index < -0.39 is 0 Å². The summed E-state index contributed by atoms with van der Waals surface area (Å²) in [5, 5.41) is 7.58. The molecule has 0 unspecified atom stereocenters. The average molecular weight is 201 g/mol. The molecule has 0 aliphatic carbocycles. The molecule has 0 aliphatic heterocycles. The Morgan fingerprint density at radius 1 is 1.47 bits per heavy atom. The normalized spacial score (nSPS) is 10.2. The summed E-state index contributed by atoms with van der Waals surface area (Å²) in [7, 11) is 0. The first-order valence-corrected chi connectivity index (χ1v) is 4.80. The maximum absolute atomic E-state index is 10.5. The van der Waals surface area contributed by atoms with Crippen molar-refractivity contribution in [2.24, 2.45) is 0 Å². The van der Waals surface area contributed by atoms with Crippen LogP contribution < -0.4 is 0 Å². The molecule has 0 saturated carbocycles. The van der Waals surface area contributed by atoms with Crippen LogP contribution >= 0.6 is 0 Å². The highest BCUT2D eigenvalue weighted by Crippen LogP contribution is 2.09. The van der Waals surface area contributed by atoms with Crippen molar-refractivity contribution in [1.29, 1.82) is 0 Å². The SMILES string of the molecule is CCc1cccc(-n2cc(C=O)nn2)c1. The van der Waals surface area contributed by atoms with Gasteiger partial charge in [0.2, 0.25) is 0 Å². The molecule has 0 amide bonds. The molecule has 0 atom stereocenters. The smallest absolute Gasteiger partial charge is 0.171 e. The lowest BCUT2D eigenvalue weighted by Gasteiger charge is -2.01. The van der Waals surface area contributed by atoms with Crippen molar-refractivity contribution in [2.75, 3.05) is 0 Å². The third kappa shape index (κ3) is 1.93.